The van der Waals surface area contributed by atoms with E-state index in [4.69, 9.17) is 16.3 Å². The Morgan fingerprint density at radius 1 is 1.29 bits per heavy atom. The van der Waals surface area contributed by atoms with Gasteiger partial charge >= 0.3 is 0 Å². The van der Waals surface area contributed by atoms with Crippen LogP contribution in [0.25, 0.3) is 5.65 Å². The van der Waals surface area contributed by atoms with E-state index in [1.807, 2.05) is 13.8 Å². The summed E-state index contributed by atoms with van der Waals surface area (Å²) in [4.78, 5) is 17.1. The highest BCUT2D eigenvalue weighted by Gasteiger charge is 2.38. The standard InChI is InChI=1S/C24H30ClF4N3O2/c1-22(2)12-15(6-9-34-22)30-21(33)16-11-19-31-20(23(3,26)27)18(32(19)13-17(16)25)10-14-4-7-24(28,29)8-5-14/h11,13-15H,4-10,12H2,1-3H3,(H,30,33). The molecule has 1 amide bonds. The van der Waals surface area contributed by atoms with Gasteiger partial charge in [-0.25, -0.2) is 13.8 Å². The molecule has 4 rings (SSSR count). The molecule has 1 aliphatic heterocycles. The highest BCUT2D eigenvalue weighted by molar-refractivity contribution is 6.33. The number of imidazole rings is 1. The number of carbonyl (C=O) groups excluding carboxylic acids is 1. The van der Waals surface area contributed by atoms with Gasteiger partial charge in [0.15, 0.2) is 0 Å². The number of nitrogens with zero attached hydrogens (tertiary/aromatic N) is 2. The third kappa shape index (κ3) is 5.51. The Kier molecular flexibility index (Phi) is 6.66. The molecule has 188 valence electrons. The van der Waals surface area contributed by atoms with Crippen LogP contribution in [-0.4, -0.2) is 39.5 Å². The van der Waals surface area contributed by atoms with Crippen molar-refractivity contribution in [3.63, 3.8) is 0 Å². The van der Waals surface area contributed by atoms with Crippen LogP contribution in [0.2, 0.25) is 5.02 Å². The van der Waals surface area contributed by atoms with Gasteiger partial charge in [-0.2, -0.15) is 8.78 Å². The molecule has 1 N–H and O–H groups in total. The fraction of sp³-hybridized carbons (Fsp3) is 0.667. The Labute approximate surface area is 201 Å². The van der Waals surface area contributed by atoms with Crippen molar-refractivity contribution in [2.24, 2.45) is 5.92 Å². The zero-order chi connectivity index (χ0) is 24.9. The molecule has 2 aliphatic rings. The second-order valence-electron chi connectivity index (χ2n) is 10.3. The molecule has 0 spiro atoms. The molecule has 10 heteroatoms. The Hall–Kier alpha value is -1.87. The molecule has 1 saturated carbocycles. The van der Waals surface area contributed by atoms with Gasteiger partial charge < -0.3 is 14.5 Å². The van der Waals surface area contributed by atoms with E-state index in [1.54, 1.807) is 0 Å². The van der Waals surface area contributed by atoms with Gasteiger partial charge in [-0.05, 0) is 57.9 Å². The minimum absolute atomic E-state index is 0.0983. The molecule has 5 nitrogen and oxygen atoms in total. The van der Waals surface area contributed by atoms with E-state index in [-0.39, 0.29) is 71.6 Å². The van der Waals surface area contributed by atoms with Crippen molar-refractivity contribution in [3.05, 3.63) is 34.2 Å². The van der Waals surface area contributed by atoms with Crippen LogP contribution >= 0.6 is 11.6 Å². The number of ether oxygens (including phenoxy) is 1. The first kappa shape index (κ1) is 25.2. The first-order valence-corrected chi connectivity index (χ1v) is 12.0. The normalized spacial score (nSPS) is 23.2. The average molecular weight is 504 g/mol. The lowest BCUT2D eigenvalue weighted by molar-refractivity contribution is -0.0615. The maximum absolute atomic E-state index is 14.5. The second kappa shape index (κ2) is 8.97. The smallest absolute Gasteiger partial charge is 0.288 e. The lowest BCUT2D eigenvalue weighted by atomic mass is 9.83. The molecule has 0 bridgehead atoms. The Bertz CT molecular complexity index is 1070. The number of amides is 1. The van der Waals surface area contributed by atoms with Crippen LogP contribution in [0.1, 0.15) is 81.0 Å². The van der Waals surface area contributed by atoms with Crippen molar-refractivity contribution >= 4 is 23.2 Å². The summed E-state index contributed by atoms with van der Waals surface area (Å²) in [5, 5.41) is 3.07. The van der Waals surface area contributed by atoms with Crippen LogP contribution in [0, 0.1) is 5.92 Å². The largest absolute Gasteiger partial charge is 0.375 e. The van der Waals surface area contributed by atoms with Crippen molar-refractivity contribution in [2.75, 3.05) is 6.61 Å². The van der Waals surface area contributed by atoms with Crippen LogP contribution < -0.4 is 5.32 Å². The van der Waals surface area contributed by atoms with Crippen molar-refractivity contribution in [1.82, 2.24) is 14.7 Å². The number of fused-ring (bicyclic) bond motifs is 1. The molecule has 1 aliphatic carbocycles. The Morgan fingerprint density at radius 3 is 2.59 bits per heavy atom. The molecule has 1 saturated heterocycles. The second-order valence-corrected chi connectivity index (χ2v) is 10.7. The molecular formula is C24H30ClF4N3O2. The van der Waals surface area contributed by atoms with E-state index >= 15 is 0 Å². The quantitative estimate of drug-likeness (QED) is 0.497. The van der Waals surface area contributed by atoms with E-state index in [0.29, 0.717) is 19.4 Å². The number of nitrogens with one attached hydrogen (secondary N) is 1. The van der Waals surface area contributed by atoms with Crippen molar-refractivity contribution in [3.8, 4) is 0 Å². The first-order valence-electron chi connectivity index (χ1n) is 11.7. The highest BCUT2D eigenvalue weighted by atomic mass is 35.5. The van der Waals surface area contributed by atoms with Crippen LogP contribution in [0.3, 0.4) is 0 Å². The number of alkyl halides is 4. The van der Waals surface area contributed by atoms with Gasteiger partial charge in [0.2, 0.25) is 5.92 Å². The molecule has 3 heterocycles. The van der Waals surface area contributed by atoms with E-state index in [2.05, 4.69) is 10.3 Å². The number of aromatic nitrogens is 2. The first-order chi connectivity index (χ1) is 15.7. The fourth-order valence-corrected chi connectivity index (χ4v) is 5.27. The number of halogens is 5. The molecule has 0 aromatic carbocycles. The SMILES string of the molecule is CC1(C)CC(NC(=O)c2cc3nc(C(C)(F)F)c(CC4CCC(F)(F)CC4)n3cc2Cl)CCO1. The van der Waals surface area contributed by atoms with Crippen LogP contribution in [-0.2, 0) is 17.1 Å². The van der Waals surface area contributed by atoms with E-state index in [9.17, 15) is 22.4 Å². The number of hydrogen-bond donors (Lipinski definition) is 1. The number of rotatable bonds is 5. The van der Waals surface area contributed by atoms with Gasteiger partial charge in [0.25, 0.3) is 11.8 Å². The number of carbonyl (C=O) groups is 1. The zero-order valence-corrected chi connectivity index (χ0v) is 20.3. The third-order valence-electron chi connectivity index (χ3n) is 6.82. The molecule has 0 radical (unpaired) electrons. The Balaban J connectivity index is 1.62. The Morgan fingerprint density at radius 2 is 1.97 bits per heavy atom. The van der Waals surface area contributed by atoms with Gasteiger partial charge in [-0.3, -0.25) is 4.79 Å². The molecular weight excluding hydrogens is 474 g/mol. The molecule has 1 atom stereocenters. The summed E-state index contributed by atoms with van der Waals surface area (Å²) < 4.78 is 63.2. The summed E-state index contributed by atoms with van der Waals surface area (Å²) in [5.74, 6) is -6.49. The van der Waals surface area contributed by atoms with Gasteiger partial charge in [0.1, 0.15) is 11.3 Å². The lowest BCUT2D eigenvalue weighted by Gasteiger charge is -2.35. The van der Waals surface area contributed by atoms with Gasteiger partial charge in [-0.15, -0.1) is 0 Å². The molecule has 2 aromatic heterocycles. The third-order valence-corrected chi connectivity index (χ3v) is 7.12. The summed E-state index contributed by atoms with van der Waals surface area (Å²) >= 11 is 6.43. The summed E-state index contributed by atoms with van der Waals surface area (Å²) in [6.07, 6.45) is 2.92. The summed E-state index contributed by atoms with van der Waals surface area (Å²) in [6.45, 7) is 5.19. The molecule has 2 fully saturated rings. The lowest BCUT2D eigenvalue weighted by Crippen LogP contribution is -2.45. The predicted molar refractivity (Wildman–Crippen MR) is 121 cm³/mol. The van der Waals surface area contributed by atoms with Crippen LogP contribution in [0.4, 0.5) is 17.6 Å². The summed E-state index contributed by atoms with van der Waals surface area (Å²) in [5.41, 5.74) is -0.192. The van der Waals surface area contributed by atoms with Crippen LogP contribution in [0.15, 0.2) is 12.3 Å². The molecule has 2 aromatic rings. The molecule has 34 heavy (non-hydrogen) atoms. The van der Waals surface area contributed by atoms with Gasteiger partial charge in [0.05, 0.1) is 21.9 Å². The van der Waals surface area contributed by atoms with Gasteiger partial charge in [0, 0.05) is 38.6 Å². The average Bonchev–Trinajstić information content (AvgIpc) is 3.06. The fourth-order valence-electron chi connectivity index (χ4n) is 5.03. The minimum Gasteiger partial charge on any atom is -0.375 e. The summed E-state index contributed by atoms with van der Waals surface area (Å²) in [7, 11) is 0. The van der Waals surface area contributed by atoms with E-state index < -0.39 is 23.4 Å². The monoisotopic (exact) mass is 503 g/mol. The number of hydrogen-bond acceptors (Lipinski definition) is 3. The topological polar surface area (TPSA) is 55.6 Å². The van der Waals surface area contributed by atoms with E-state index in [0.717, 1.165) is 6.92 Å². The maximum atomic E-state index is 14.5. The van der Waals surface area contributed by atoms with E-state index in [1.165, 1.54) is 16.7 Å². The predicted octanol–water partition coefficient (Wildman–Crippen LogP) is 6.15. The highest BCUT2D eigenvalue weighted by Crippen LogP contribution is 2.39. The van der Waals surface area contributed by atoms with Crippen molar-refractivity contribution in [2.45, 2.75) is 89.2 Å². The van der Waals surface area contributed by atoms with Crippen LogP contribution in [0.5, 0.6) is 0 Å². The molecule has 1 unspecified atom stereocenters. The van der Waals surface area contributed by atoms with Gasteiger partial charge in [-0.1, -0.05) is 11.6 Å². The summed E-state index contributed by atoms with van der Waals surface area (Å²) in [6, 6.07) is 1.31. The zero-order valence-electron chi connectivity index (χ0n) is 19.6. The van der Waals surface area contributed by atoms with Crippen molar-refractivity contribution < 1.29 is 27.1 Å². The van der Waals surface area contributed by atoms with Crippen molar-refractivity contribution in [1.29, 1.82) is 0 Å². The minimum atomic E-state index is -3.23. The number of pyridine rings is 1. The maximum Gasteiger partial charge on any atom is 0.288 e.